The number of hydrogen-bond donors (Lipinski definition) is 8. The second-order valence-corrected chi connectivity index (χ2v) is 20.7. The van der Waals surface area contributed by atoms with Gasteiger partial charge in [0, 0.05) is 74.9 Å². The van der Waals surface area contributed by atoms with Crippen molar-refractivity contribution in [2.75, 3.05) is 52.4 Å². The molecule has 3 saturated heterocycles. The van der Waals surface area contributed by atoms with E-state index in [4.69, 9.17) is 11.6 Å². The summed E-state index contributed by atoms with van der Waals surface area (Å²) in [7, 11) is 0. The number of carbonyl (C=O) groups is 2. The number of rotatable bonds is 19. The van der Waals surface area contributed by atoms with Crippen LogP contribution in [0.15, 0.2) is 60.7 Å². The first-order chi connectivity index (χ1) is 32.5. The summed E-state index contributed by atoms with van der Waals surface area (Å²) < 4.78 is 28.2. The third-order valence-electron chi connectivity index (χ3n) is 14.7. The Bertz CT molecular complexity index is 2000. The Morgan fingerprint density at radius 1 is 0.632 bits per heavy atom. The lowest BCUT2D eigenvalue weighted by molar-refractivity contribution is -0.119. The van der Waals surface area contributed by atoms with Gasteiger partial charge >= 0.3 is 0 Å². The van der Waals surface area contributed by atoms with Crippen molar-refractivity contribution < 1.29 is 33.7 Å². The normalized spacial score (nSPS) is 22.1. The zero-order valence-corrected chi connectivity index (χ0v) is 42.1. The lowest BCUT2D eigenvalue weighted by Gasteiger charge is -2.39. The average Bonchev–Trinajstić information content (AvgIpc) is 4.17. The smallest absolute Gasteiger partial charge is 0.216 e. The maximum absolute atomic E-state index is 14.4. The predicted molar refractivity (Wildman–Crippen MR) is 269 cm³/mol. The van der Waals surface area contributed by atoms with Crippen LogP contribution in [0.2, 0.25) is 5.02 Å². The first kappa shape index (κ1) is 55.4. The molecule has 0 spiro atoms. The molecule has 0 aromatic heterocycles. The zero-order valence-electron chi connectivity index (χ0n) is 41.3. The summed E-state index contributed by atoms with van der Waals surface area (Å²) >= 11 is 6.17. The highest BCUT2D eigenvalue weighted by molar-refractivity contribution is 6.30. The fourth-order valence-electron chi connectivity index (χ4n) is 10.7. The molecule has 0 bridgehead atoms. The topological polar surface area (TPSA) is 155 Å². The summed E-state index contributed by atoms with van der Waals surface area (Å²) in [4.78, 5) is 22.0. The molecule has 7 rings (SSSR count). The number of aryl methyl sites for hydroxylation is 2. The summed E-state index contributed by atoms with van der Waals surface area (Å²) in [6.45, 7) is 13.0. The van der Waals surface area contributed by atoms with Crippen LogP contribution in [0.5, 0.6) is 0 Å². The summed E-state index contributed by atoms with van der Waals surface area (Å²) in [5.41, 5.74) is 0.762. The number of halogens is 3. The summed E-state index contributed by atoms with van der Waals surface area (Å²) in [5.74, 6) is 0.465. The molecule has 0 radical (unpaired) electrons. The van der Waals surface area contributed by atoms with Gasteiger partial charge in [-0.1, -0.05) is 79.6 Å². The number of aliphatic hydroxyl groups is 3. The number of piperidine rings is 3. The van der Waals surface area contributed by atoms with Crippen LogP contribution in [-0.2, 0) is 26.4 Å². The van der Waals surface area contributed by atoms with Gasteiger partial charge < -0.3 is 41.9 Å². The van der Waals surface area contributed by atoms with Crippen molar-refractivity contribution in [3.63, 3.8) is 0 Å². The summed E-state index contributed by atoms with van der Waals surface area (Å²) in [5, 5.41) is 50.6. The maximum Gasteiger partial charge on any atom is 0.216 e. The van der Waals surface area contributed by atoms with E-state index in [0.29, 0.717) is 62.4 Å². The minimum Gasteiger partial charge on any atom is -0.385 e. The third-order valence-corrected chi connectivity index (χ3v) is 14.9. The van der Waals surface area contributed by atoms with Gasteiger partial charge in [-0.15, -0.1) is 0 Å². The molecule has 13 heteroatoms. The van der Waals surface area contributed by atoms with Gasteiger partial charge in [0.15, 0.2) is 0 Å². The molecule has 3 aromatic rings. The fourth-order valence-corrected chi connectivity index (χ4v) is 10.9. The average molecular weight is 967 g/mol. The van der Waals surface area contributed by atoms with E-state index in [1.54, 1.807) is 12.1 Å². The van der Waals surface area contributed by atoms with Gasteiger partial charge in [0.1, 0.15) is 11.6 Å². The largest absolute Gasteiger partial charge is 0.385 e. The van der Waals surface area contributed by atoms with Gasteiger partial charge in [0.05, 0.1) is 16.8 Å². The number of unbranched alkanes of at least 4 members (excludes halogenated alkanes) is 1. The van der Waals surface area contributed by atoms with Crippen molar-refractivity contribution in [1.29, 1.82) is 0 Å². The fraction of sp³-hybridized carbons (Fsp3) is 0.636. The van der Waals surface area contributed by atoms with Gasteiger partial charge in [-0.25, -0.2) is 8.78 Å². The molecule has 0 unspecified atom stereocenters. The molecule has 6 atom stereocenters. The van der Waals surface area contributed by atoms with Crippen LogP contribution in [0.1, 0.15) is 144 Å². The monoisotopic (exact) mass is 966 g/mol. The highest BCUT2D eigenvalue weighted by Crippen LogP contribution is 2.42. The quantitative estimate of drug-likeness (QED) is 0.0555. The molecule has 3 heterocycles. The Balaban J connectivity index is 0.000000191. The third kappa shape index (κ3) is 16.8. The molecule has 1 aliphatic carbocycles. The highest BCUT2D eigenvalue weighted by atomic mass is 35.5. The molecular weight excluding hydrogens is 884 g/mol. The molecule has 378 valence electrons. The van der Waals surface area contributed by atoms with E-state index in [1.807, 2.05) is 44.2 Å². The molecule has 2 amide bonds. The lowest BCUT2D eigenvalue weighted by Crippen LogP contribution is -2.45. The lowest BCUT2D eigenvalue weighted by atomic mass is 9.74. The predicted octanol–water partition coefficient (Wildman–Crippen LogP) is 8.97. The van der Waals surface area contributed by atoms with Crippen LogP contribution in [0.3, 0.4) is 0 Å². The van der Waals surface area contributed by atoms with Gasteiger partial charge in [-0.3, -0.25) is 9.59 Å². The molecule has 4 aliphatic rings. The van der Waals surface area contributed by atoms with Crippen LogP contribution in [0, 0.1) is 49.2 Å². The molecular formula is C55H82ClF2N5O5. The Labute approximate surface area is 410 Å². The van der Waals surface area contributed by atoms with Crippen LogP contribution in [0.25, 0.3) is 0 Å². The van der Waals surface area contributed by atoms with E-state index < -0.39 is 16.8 Å². The van der Waals surface area contributed by atoms with Crippen LogP contribution in [-0.4, -0.2) is 79.5 Å². The standard InChI is InChI=1S/C19H28ClNO.2C18H27FN2O2/c20-18-8-3-6-16(13-18)19(22,17-7-4-12-21-14-17)11-2-1-5-15-9-10-15;1-13-6-7-17(19)16(11-13)18(23,8-4-10-21-14(2)22)15-5-3-9-20-12-15;1-13-9-16(11-17(19)10-13)18(23,6-4-8-21-14(2)22)15-5-3-7-20-12-15/h3,6,8,13,15,17,21-22H,1-2,4-5,7,9-12,14H2;6-7,11,15,20,23H,3-5,8-10,12H2,1-2H3,(H,21,22);9-11,15,20,23H,3-8,12H2,1-2H3,(H,21,22)/t17-,19-;2*15-,18+/m111/s1. The SMILES string of the molecule is CC(=O)NCCC[C@@](O)(c1cc(C)cc(F)c1)[C@@H]1CCCNC1.CC(=O)NCCC[C@@](O)(c1cc(C)ccc1F)[C@@H]1CCCNC1.O[C@](CCCCC1CC1)(c1cccc(Cl)c1)[C@@H]1CCCNC1. The number of nitrogens with one attached hydrogen (secondary N) is 5. The maximum atomic E-state index is 14.4. The minimum absolute atomic E-state index is 0.0233. The second kappa shape index (κ2) is 27.2. The van der Waals surface area contributed by atoms with E-state index in [2.05, 4.69) is 26.6 Å². The van der Waals surface area contributed by atoms with Gasteiger partial charge in [0.25, 0.3) is 0 Å². The second-order valence-electron chi connectivity index (χ2n) is 20.3. The summed E-state index contributed by atoms with van der Waals surface area (Å²) in [6.07, 6.45) is 15.6. The summed E-state index contributed by atoms with van der Waals surface area (Å²) in [6, 6.07) is 17.5. The Morgan fingerprint density at radius 2 is 1.16 bits per heavy atom. The molecule has 4 fully saturated rings. The van der Waals surface area contributed by atoms with E-state index in [1.165, 1.54) is 57.7 Å². The van der Waals surface area contributed by atoms with Crippen molar-refractivity contribution in [3.05, 3.63) is 105 Å². The highest BCUT2D eigenvalue weighted by Gasteiger charge is 2.42. The number of benzene rings is 3. The van der Waals surface area contributed by atoms with Gasteiger partial charge in [-0.2, -0.15) is 0 Å². The van der Waals surface area contributed by atoms with Gasteiger partial charge in [-0.05, 0) is 157 Å². The zero-order chi connectivity index (χ0) is 49.2. The number of amides is 2. The van der Waals surface area contributed by atoms with E-state index in [9.17, 15) is 33.7 Å². The Morgan fingerprint density at radius 3 is 1.66 bits per heavy atom. The molecule has 3 aliphatic heterocycles. The molecule has 68 heavy (non-hydrogen) atoms. The molecule has 3 aromatic carbocycles. The van der Waals surface area contributed by atoms with Gasteiger partial charge in [0.2, 0.25) is 11.8 Å². The number of hydrogen-bond acceptors (Lipinski definition) is 8. The molecule has 8 N–H and O–H groups in total. The molecule has 10 nitrogen and oxygen atoms in total. The Hall–Kier alpha value is -3.49. The van der Waals surface area contributed by atoms with Crippen molar-refractivity contribution in [3.8, 4) is 0 Å². The van der Waals surface area contributed by atoms with Crippen LogP contribution >= 0.6 is 11.6 Å². The number of carbonyl (C=O) groups excluding carboxylic acids is 2. The van der Waals surface area contributed by atoms with Crippen LogP contribution in [0.4, 0.5) is 8.78 Å². The van der Waals surface area contributed by atoms with E-state index >= 15 is 0 Å². The van der Waals surface area contributed by atoms with Crippen molar-refractivity contribution in [2.24, 2.45) is 23.7 Å². The van der Waals surface area contributed by atoms with Crippen LogP contribution < -0.4 is 26.6 Å². The Kier molecular flexibility index (Phi) is 22.2. The first-order valence-electron chi connectivity index (χ1n) is 25.6. The molecule has 1 saturated carbocycles. The van der Waals surface area contributed by atoms with E-state index in [0.717, 1.165) is 112 Å². The first-order valence-corrected chi connectivity index (χ1v) is 26.0. The van der Waals surface area contributed by atoms with E-state index in [-0.39, 0.29) is 35.3 Å². The minimum atomic E-state index is -1.21. The van der Waals surface area contributed by atoms with Crippen molar-refractivity contribution >= 4 is 23.4 Å². The van der Waals surface area contributed by atoms with Crippen molar-refractivity contribution in [1.82, 2.24) is 26.6 Å². The van der Waals surface area contributed by atoms with Crippen molar-refractivity contribution in [2.45, 2.75) is 147 Å².